The Labute approximate surface area is 238 Å². The summed E-state index contributed by atoms with van der Waals surface area (Å²) in [6, 6.07) is 13.6. The SMILES string of the molecule is CN(C)c1ccc([C@H]2C[C@@]3(C)[C@@H](CC[C@@]3(O)C#Cc3ccccc3C(F)(F)F)[C@@H]3OCC4=CC(=O)CCC4=C32)cc1. The maximum Gasteiger partial charge on any atom is 0.417 e. The van der Waals surface area contributed by atoms with E-state index in [1.54, 1.807) is 6.08 Å². The van der Waals surface area contributed by atoms with Crippen LogP contribution >= 0.6 is 0 Å². The van der Waals surface area contributed by atoms with Crippen LogP contribution < -0.4 is 4.90 Å². The Morgan fingerprint density at radius 2 is 1.80 bits per heavy atom. The summed E-state index contributed by atoms with van der Waals surface area (Å²) >= 11 is 0. The number of carbonyl (C=O) groups excluding carboxylic acids is 1. The quantitative estimate of drug-likeness (QED) is 0.429. The van der Waals surface area contributed by atoms with E-state index in [-0.39, 0.29) is 29.3 Å². The Balaban J connectivity index is 1.46. The normalized spacial score (nSPS) is 31.0. The predicted octanol–water partition coefficient (Wildman–Crippen LogP) is 6.44. The smallest absolute Gasteiger partial charge is 0.378 e. The second kappa shape index (κ2) is 9.89. The van der Waals surface area contributed by atoms with Gasteiger partial charge in [0.15, 0.2) is 5.78 Å². The molecule has 2 aromatic rings. The van der Waals surface area contributed by atoms with E-state index in [9.17, 15) is 23.1 Å². The molecule has 2 saturated carbocycles. The van der Waals surface area contributed by atoms with Crippen molar-refractivity contribution in [3.63, 3.8) is 0 Å². The van der Waals surface area contributed by atoms with Crippen LogP contribution in [0.3, 0.4) is 0 Å². The summed E-state index contributed by atoms with van der Waals surface area (Å²) < 4.78 is 47.5. The first-order valence-corrected chi connectivity index (χ1v) is 14.2. The number of ether oxygens (including phenoxy) is 1. The molecular weight excluding hydrogens is 527 g/mol. The number of alkyl halides is 3. The number of ketones is 1. The van der Waals surface area contributed by atoms with Crippen molar-refractivity contribution in [2.45, 2.75) is 62.8 Å². The van der Waals surface area contributed by atoms with Crippen molar-refractivity contribution in [1.82, 2.24) is 0 Å². The van der Waals surface area contributed by atoms with Crippen molar-refractivity contribution in [3.8, 4) is 11.8 Å². The van der Waals surface area contributed by atoms with Gasteiger partial charge >= 0.3 is 6.18 Å². The number of hydrogen-bond acceptors (Lipinski definition) is 4. The average Bonchev–Trinajstić information content (AvgIpc) is 3.21. The van der Waals surface area contributed by atoms with Gasteiger partial charge in [0.25, 0.3) is 0 Å². The molecule has 0 bridgehead atoms. The zero-order valence-electron chi connectivity index (χ0n) is 23.5. The van der Waals surface area contributed by atoms with E-state index in [0.29, 0.717) is 38.7 Å². The van der Waals surface area contributed by atoms with E-state index in [4.69, 9.17) is 4.74 Å². The minimum atomic E-state index is -4.53. The summed E-state index contributed by atoms with van der Waals surface area (Å²) in [4.78, 5) is 14.3. The number of hydrogen-bond donors (Lipinski definition) is 1. The fraction of sp³-hybridized carbons (Fsp3) is 0.441. The lowest BCUT2D eigenvalue weighted by Gasteiger charge is -2.53. The van der Waals surface area contributed by atoms with Crippen molar-refractivity contribution in [1.29, 1.82) is 0 Å². The third-order valence-electron chi connectivity index (χ3n) is 9.82. The number of nitrogens with zero attached hydrogens (tertiary/aromatic N) is 1. The Bertz CT molecular complexity index is 1510. The van der Waals surface area contributed by atoms with Crippen molar-refractivity contribution < 1.29 is 27.8 Å². The second-order valence-corrected chi connectivity index (χ2v) is 12.3. The number of aliphatic hydroxyl groups is 1. The molecule has 2 fully saturated rings. The first-order chi connectivity index (χ1) is 19.4. The summed E-state index contributed by atoms with van der Waals surface area (Å²) in [5.74, 6) is 5.66. The lowest BCUT2D eigenvalue weighted by atomic mass is 9.55. The molecule has 1 N–H and O–H groups in total. The third kappa shape index (κ3) is 4.62. The highest BCUT2D eigenvalue weighted by atomic mass is 19.4. The van der Waals surface area contributed by atoms with Gasteiger partial charge in [-0.1, -0.05) is 43.0 Å². The molecule has 7 heteroatoms. The van der Waals surface area contributed by atoms with Gasteiger partial charge in [-0.15, -0.1) is 0 Å². The molecule has 0 radical (unpaired) electrons. The van der Waals surface area contributed by atoms with Crippen LogP contribution in [0.25, 0.3) is 0 Å². The molecular formula is C34H34F3NO3. The van der Waals surface area contributed by atoms with Gasteiger partial charge < -0.3 is 14.7 Å². The summed E-state index contributed by atoms with van der Waals surface area (Å²) in [7, 11) is 3.97. The Kier molecular flexibility index (Phi) is 6.71. The van der Waals surface area contributed by atoms with E-state index in [0.717, 1.165) is 22.9 Å². The van der Waals surface area contributed by atoms with E-state index >= 15 is 0 Å². The van der Waals surface area contributed by atoms with Gasteiger partial charge in [-0.05, 0) is 84.2 Å². The molecule has 0 saturated heterocycles. The van der Waals surface area contributed by atoms with Gasteiger partial charge in [-0.3, -0.25) is 4.79 Å². The lowest BCUT2D eigenvalue weighted by molar-refractivity contribution is -0.137. The van der Waals surface area contributed by atoms with Crippen LogP contribution in [0, 0.1) is 23.2 Å². The van der Waals surface area contributed by atoms with Crippen molar-refractivity contribution in [3.05, 3.63) is 88.0 Å². The van der Waals surface area contributed by atoms with Gasteiger partial charge in [-0.25, -0.2) is 0 Å². The summed E-state index contributed by atoms with van der Waals surface area (Å²) in [6.07, 6.45) is -0.355. The molecule has 41 heavy (non-hydrogen) atoms. The average molecular weight is 562 g/mol. The number of allylic oxidation sites excluding steroid dienone is 1. The zero-order chi connectivity index (χ0) is 29.2. The molecule has 6 rings (SSSR count). The molecule has 3 aliphatic carbocycles. The third-order valence-corrected chi connectivity index (χ3v) is 9.82. The van der Waals surface area contributed by atoms with Crippen molar-refractivity contribution >= 4 is 11.5 Å². The lowest BCUT2D eigenvalue weighted by Crippen LogP contribution is -2.53. The van der Waals surface area contributed by atoms with Gasteiger partial charge in [-0.2, -0.15) is 13.2 Å². The number of halogens is 3. The van der Waals surface area contributed by atoms with Crippen molar-refractivity contribution in [2.75, 3.05) is 25.6 Å². The van der Waals surface area contributed by atoms with Crippen LogP contribution in [-0.4, -0.2) is 43.3 Å². The van der Waals surface area contributed by atoms with Crippen molar-refractivity contribution in [2.24, 2.45) is 11.3 Å². The number of benzene rings is 2. The molecule has 4 aliphatic rings. The summed E-state index contributed by atoms with van der Waals surface area (Å²) in [5.41, 5.74) is 2.35. The molecule has 0 amide bonds. The monoisotopic (exact) mass is 561 g/mol. The van der Waals surface area contributed by atoms with Gasteiger partial charge in [0, 0.05) is 43.1 Å². The van der Waals surface area contributed by atoms with Crippen LogP contribution in [0.1, 0.15) is 61.6 Å². The Hall–Kier alpha value is -3.34. The molecule has 5 atom stereocenters. The highest BCUT2D eigenvalue weighted by Crippen LogP contribution is 2.64. The number of rotatable bonds is 2. The number of anilines is 1. The molecule has 1 heterocycles. The molecule has 4 nitrogen and oxygen atoms in total. The maximum absolute atomic E-state index is 13.7. The first kappa shape index (κ1) is 27.8. The van der Waals surface area contributed by atoms with Crippen LogP contribution in [0.4, 0.5) is 18.9 Å². The minimum Gasteiger partial charge on any atom is -0.378 e. The molecule has 1 aliphatic heterocycles. The second-order valence-electron chi connectivity index (χ2n) is 12.3. The standard InChI is InChI=1S/C34H34F3NO3/c1-32-19-27(21-8-10-24(11-9-21)38(2)3)30-26-13-12-25(39)18-23(26)20-41-31(30)29(32)15-17-33(32,40)16-14-22-6-4-5-7-28(22)34(35,36)37/h4-11,18,27,29,31,40H,12-13,15,17,19-20H2,1-3H3/t27-,29+,31+,32+,33+/m1/s1. The maximum atomic E-state index is 13.7. The number of fused-ring (bicyclic) bond motifs is 4. The topological polar surface area (TPSA) is 49.8 Å². The van der Waals surface area contributed by atoms with Gasteiger partial charge in [0.1, 0.15) is 5.60 Å². The van der Waals surface area contributed by atoms with E-state index in [2.05, 4.69) is 36.1 Å². The molecule has 0 spiro atoms. The molecule has 0 unspecified atom stereocenters. The first-order valence-electron chi connectivity index (χ1n) is 14.2. The number of carbonyl (C=O) groups is 1. The van der Waals surface area contributed by atoms with Gasteiger partial charge in [0.05, 0.1) is 18.3 Å². The van der Waals surface area contributed by atoms with Crippen LogP contribution in [-0.2, 0) is 15.7 Å². The largest absolute Gasteiger partial charge is 0.417 e. The Morgan fingerprint density at radius 1 is 1.07 bits per heavy atom. The zero-order valence-corrected chi connectivity index (χ0v) is 23.5. The minimum absolute atomic E-state index is 0.0568. The predicted molar refractivity (Wildman–Crippen MR) is 151 cm³/mol. The van der Waals surface area contributed by atoms with E-state index < -0.39 is 22.8 Å². The van der Waals surface area contributed by atoms with Crippen LogP contribution in [0.5, 0.6) is 0 Å². The van der Waals surface area contributed by atoms with Gasteiger partial charge in [0.2, 0.25) is 0 Å². The highest BCUT2D eigenvalue weighted by molar-refractivity contribution is 5.93. The fourth-order valence-corrected chi connectivity index (χ4v) is 7.54. The molecule has 0 aromatic heterocycles. The molecule has 214 valence electrons. The summed E-state index contributed by atoms with van der Waals surface area (Å²) in [6.45, 7) is 2.37. The fourth-order valence-electron chi connectivity index (χ4n) is 7.54. The highest BCUT2D eigenvalue weighted by Gasteiger charge is 2.63. The van der Waals surface area contributed by atoms with E-state index in [1.807, 2.05) is 25.9 Å². The van der Waals surface area contributed by atoms with E-state index in [1.165, 1.54) is 29.3 Å². The van der Waals surface area contributed by atoms with Crippen LogP contribution in [0.15, 0.2) is 71.3 Å². The Morgan fingerprint density at radius 3 is 2.51 bits per heavy atom. The molecule has 2 aromatic carbocycles. The van der Waals surface area contributed by atoms with Crippen LogP contribution in [0.2, 0.25) is 0 Å². The summed E-state index contributed by atoms with van der Waals surface area (Å²) in [5, 5.41) is 12.2.